The summed E-state index contributed by atoms with van der Waals surface area (Å²) in [6, 6.07) is 39.1. The molecule has 0 bridgehead atoms. The molecular weight excluding hydrogens is 671 g/mol. The Morgan fingerprint density at radius 2 is 1.04 bits per heavy atom. The maximum absolute atomic E-state index is 9.56. The van der Waals surface area contributed by atoms with Gasteiger partial charge < -0.3 is 4.42 Å². The smallest absolute Gasteiger partial charge is 0.164 e. The highest BCUT2D eigenvalue weighted by atomic mass is 16.3. The summed E-state index contributed by atoms with van der Waals surface area (Å²) in [7, 11) is 0. The van der Waals surface area contributed by atoms with Gasteiger partial charge in [-0.15, -0.1) is 0 Å². The standard InChI is InChI=1S/C51H31N3O/c1-2-11-36-29-38(25-23-32(36)9-1)34-21-19-33(20-22-34)37-12-7-13-40(30-37)49-52-50(41-27-28-43-39(31-41)26-24-35-10-3-4-14-42(35)43)54-51(53-49)45-16-8-18-47-48(45)44-15-5-6-17-46(44)55-47/h1-31H/i3D,4D,10D,14D,24D,26D,27D,28D,31D. The molecule has 0 aliphatic carbocycles. The van der Waals surface area contributed by atoms with Crippen molar-refractivity contribution in [2.45, 2.75) is 0 Å². The first-order valence-electron chi connectivity index (χ1n) is 22.3. The number of nitrogens with zero attached hydrogens (tertiary/aromatic N) is 3. The van der Waals surface area contributed by atoms with Crippen LogP contribution in [-0.4, -0.2) is 15.0 Å². The molecule has 0 radical (unpaired) electrons. The van der Waals surface area contributed by atoms with Gasteiger partial charge in [-0.3, -0.25) is 0 Å². The van der Waals surface area contributed by atoms with E-state index in [1.807, 2.05) is 78.9 Å². The predicted molar refractivity (Wildman–Crippen MR) is 227 cm³/mol. The number of hydrogen-bond donors (Lipinski definition) is 0. The minimum absolute atomic E-state index is 0.124. The van der Waals surface area contributed by atoms with E-state index < -0.39 is 54.4 Å². The van der Waals surface area contributed by atoms with Gasteiger partial charge in [-0.2, -0.15) is 0 Å². The molecule has 11 aromatic rings. The second-order valence-corrected chi connectivity index (χ2v) is 13.3. The summed E-state index contributed by atoms with van der Waals surface area (Å²) in [5.74, 6) is 0.290. The van der Waals surface area contributed by atoms with Crippen molar-refractivity contribution in [2.75, 3.05) is 0 Å². The van der Waals surface area contributed by atoms with E-state index in [2.05, 4.69) is 54.6 Å². The summed E-state index contributed by atoms with van der Waals surface area (Å²) in [5.41, 5.74) is 6.26. The van der Waals surface area contributed by atoms with Crippen molar-refractivity contribution in [1.82, 2.24) is 15.0 Å². The second kappa shape index (κ2) is 12.6. The summed E-state index contributed by atoms with van der Waals surface area (Å²) in [5, 5.41) is 3.04. The summed E-state index contributed by atoms with van der Waals surface area (Å²) < 4.78 is 86.3. The molecule has 2 aromatic heterocycles. The van der Waals surface area contributed by atoms with Crippen molar-refractivity contribution in [3.05, 3.63) is 188 Å². The van der Waals surface area contributed by atoms with Gasteiger partial charge in [-0.05, 0) is 84.9 Å². The van der Waals surface area contributed by atoms with Gasteiger partial charge in [0.1, 0.15) is 11.2 Å². The fourth-order valence-electron chi connectivity index (χ4n) is 7.28. The van der Waals surface area contributed by atoms with Gasteiger partial charge in [0, 0.05) is 27.5 Å². The molecule has 0 saturated carbocycles. The Bertz CT molecular complexity index is 3800. The minimum Gasteiger partial charge on any atom is -0.456 e. The van der Waals surface area contributed by atoms with Crippen LogP contribution in [-0.2, 0) is 0 Å². The van der Waals surface area contributed by atoms with Crippen LogP contribution < -0.4 is 0 Å². The van der Waals surface area contributed by atoms with Gasteiger partial charge in [0.05, 0.1) is 12.3 Å². The van der Waals surface area contributed by atoms with E-state index >= 15 is 0 Å². The minimum atomic E-state index is -0.590. The molecule has 0 N–H and O–H groups in total. The van der Waals surface area contributed by atoms with Crippen molar-refractivity contribution in [2.24, 2.45) is 0 Å². The Balaban J connectivity index is 1.12. The molecule has 55 heavy (non-hydrogen) atoms. The number of benzene rings is 9. The van der Waals surface area contributed by atoms with E-state index in [1.54, 1.807) is 0 Å². The first-order valence-corrected chi connectivity index (χ1v) is 17.8. The van der Waals surface area contributed by atoms with Crippen molar-refractivity contribution < 1.29 is 16.8 Å². The third-order valence-electron chi connectivity index (χ3n) is 9.99. The van der Waals surface area contributed by atoms with Crippen LogP contribution in [0.4, 0.5) is 0 Å². The summed E-state index contributed by atoms with van der Waals surface area (Å²) in [6.45, 7) is 0. The highest BCUT2D eigenvalue weighted by Crippen LogP contribution is 2.38. The number of rotatable bonds is 5. The Morgan fingerprint density at radius 3 is 1.93 bits per heavy atom. The average Bonchev–Trinajstić information content (AvgIpc) is 3.71. The van der Waals surface area contributed by atoms with E-state index in [4.69, 9.17) is 27.6 Å². The lowest BCUT2D eigenvalue weighted by atomic mass is 9.97. The molecule has 0 aliphatic heterocycles. The maximum atomic E-state index is 9.56. The van der Waals surface area contributed by atoms with Gasteiger partial charge in [0.15, 0.2) is 17.5 Å². The van der Waals surface area contributed by atoms with Gasteiger partial charge in [0.2, 0.25) is 0 Å². The Morgan fingerprint density at radius 1 is 0.382 bits per heavy atom. The Hall–Kier alpha value is -7.43. The molecule has 4 heteroatoms. The molecule has 0 fully saturated rings. The number of para-hydroxylation sites is 1. The zero-order valence-electron chi connectivity index (χ0n) is 38.0. The van der Waals surface area contributed by atoms with Crippen LogP contribution in [0.15, 0.2) is 192 Å². The van der Waals surface area contributed by atoms with Crippen LogP contribution in [0, 0.1) is 0 Å². The molecular formula is C51H31N3O. The predicted octanol–water partition coefficient (Wildman–Crippen LogP) is 13.6. The molecule has 9 aromatic carbocycles. The summed E-state index contributed by atoms with van der Waals surface area (Å²) in [6.07, 6.45) is 0. The molecule has 0 amide bonds. The van der Waals surface area contributed by atoms with E-state index in [0.29, 0.717) is 22.3 Å². The van der Waals surface area contributed by atoms with Crippen LogP contribution in [0.2, 0.25) is 0 Å². The van der Waals surface area contributed by atoms with Crippen LogP contribution >= 0.6 is 0 Å². The van der Waals surface area contributed by atoms with Gasteiger partial charge in [-0.25, -0.2) is 15.0 Å². The summed E-state index contributed by atoms with van der Waals surface area (Å²) in [4.78, 5) is 14.8. The number of aromatic nitrogens is 3. The molecule has 2 heterocycles. The van der Waals surface area contributed by atoms with Crippen LogP contribution in [0.5, 0.6) is 0 Å². The van der Waals surface area contributed by atoms with Crippen molar-refractivity contribution in [3.63, 3.8) is 0 Å². The van der Waals surface area contributed by atoms with E-state index in [1.165, 1.54) is 5.39 Å². The van der Waals surface area contributed by atoms with Crippen LogP contribution in [0.1, 0.15) is 12.3 Å². The molecule has 0 saturated heterocycles. The van der Waals surface area contributed by atoms with E-state index in [0.717, 1.165) is 38.4 Å². The number of fused-ring (bicyclic) bond motifs is 7. The highest BCUT2D eigenvalue weighted by Gasteiger charge is 2.18. The molecule has 11 rings (SSSR count). The molecule has 0 aliphatic rings. The summed E-state index contributed by atoms with van der Waals surface area (Å²) >= 11 is 0. The lowest BCUT2D eigenvalue weighted by molar-refractivity contribution is 0.669. The topological polar surface area (TPSA) is 51.8 Å². The SMILES string of the molecule is [2H]c1c([2H])c([2H])c2c(c1[2H])c([2H])c([2H])c1c([2H])c(-c3nc(-c4cccc(-c5ccc(-c6ccc7ccccc7c6)cc5)c4)nc(-c4cccc5oc6ccccc6c45)n3)c([2H])c([2H])c12. The maximum Gasteiger partial charge on any atom is 0.164 e. The molecule has 4 nitrogen and oxygen atoms in total. The lowest BCUT2D eigenvalue weighted by Gasteiger charge is -2.11. The van der Waals surface area contributed by atoms with E-state index in [-0.39, 0.29) is 44.6 Å². The monoisotopic (exact) mass is 710 g/mol. The average molecular weight is 711 g/mol. The number of hydrogen-bond acceptors (Lipinski definition) is 4. The quantitative estimate of drug-likeness (QED) is 0.167. The third-order valence-corrected chi connectivity index (χ3v) is 9.99. The number of furan rings is 1. The first-order chi connectivity index (χ1) is 31.0. The normalized spacial score (nSPS) is 13.9. The van der Waals surface area contributed by atoms with Crippen molar-refractivity contribution in [1.29, 1.82) is 0 Å². The van der Waals surface area contributed by atoms with Crippen molar-refractivity contribution >= 4 is 54.3 Å². The fourth-order valence-corrected chi connectivity index (χ4v) is 7.28. The van der Waals surface area contributed by atoms with Gasteiger partial charge >= 0.3 is 0 Å². The molecule has 256 valence electrons. The molecule has 0 unspecified atom stereocenters. The molecule has 0 spiro atoms. The zero-order valence-corrected chi connectivity index (χ0v) is 29.0. The van der Waals surface area contributed by atoms with Crippen LogP contribution in [0.3, 0.4) is 0 Å². The largest absolute Gasteiger partial charge is 0.456 e. The van der Waals surface area contributed by atoms with Crippen LogP contribution in [0.25, 0.3) is 111 Å². The zero-order chi connectivity index (χ0) is 44.1. The lowest BCUT2D eigenvalue weighted by Crippen LogP contribution is -2.00. The van der Waals surface area contributed by atoms with Crippen molar-refractivity contribution in [3.8, 4) is 56.4 Å². The fraction of sp³-hybridized carbons (Fsp3) is 0. The van der Waals surface area contributed by atoms with Gasteiger partial charge in [-0.1, -0.05) is 158 Å². The van der Waals surface area contributed by atoms with Gasteiger partial charge in [0.25, 0.3) is 0 Å². The Labute approximate surface area is 329 Å². The molecule has 0 atom stereocenters. The highest BCUT2D eigenvalue weighted by molar-refractivity contribution is 6.12. The Kier molecular flexibility index (Phi) is 5.34. The second-order valence-electron chi connectivity index (χ2n) is 13.3. The third kappa shape index (κ3) is 5.43. The van der Waals surface area contributed by atoms with E-state index in [9.17, 15) is 4.11 Å². The first kappa shape index (κ1) is 23.3.